The highest BCUT2D eigenvalue weighted by atomic mass is 127. The van der Waals surface area contributed by atoms with Gasteiger partial charge in [0.2, 0.25) is 10.0 Å². The van der Waals surface area contributed by atoms with Crippen LogP contribution in [0.2, 0.25) is 0 Å². The molecule has 2 aromatic rings. The molecule has 7 nitrogen and oxygen atoms in total. The SMILES string of the molecule is CN=C(NCCOc1ccccc1)NCCc1ccc(S(N)(=O)=O)cc1.I. The van der Waals surface area contributed by atoms with Gasteiger partial charge in [-0.15, -0.1) is 24.0 Å². The van der Waals surface area contributed by atoms with Crippen molar-refractivity contribution in [3.8, 4) is 5.75 Å². The van der Waals surface area contributed by atoms with Gasteiger partial charge in [0.1, 0.15) is 12.4 Å². The molecule has 0 heterocycles. The minimum Gasteiger partial charge on any atom is -0.492 e. The Labute approximate surface area is 177 Å². The van der Waals surface area contributed by atoms with Crippen LogP contribution in [0.25, 0.3) is 0 Å². The largest absolute Gasteiger partial charge is 0.492 e. The lowest BCUT2D eigenvalue weighted by Gasteiger charge is -2.12. The Kier molecular flexibility index (Phi) is 10.1. The summed E-state index contributed by atoms with van der Waals surface area (Å²) in [6.07, 6.45) is 0.728. The molecule has 0 atom stereocenters. The van der Waals surface area contributed by atoms with E-state index < -0.39 is 10.0 Å². The molecule has 0 unspecified atom stereocenters. The number of aliphatic imine (C=N–C) groups is 1. The van der Waals surface area contributed by atoms with E-state index in [1.807, 2.05) is 30.3 Å². The molecule has 148 valence electrons. The Morgan fingerprint density at radius 3 is 2.26 bits per heavy atom. The molecule has 2 rings (SSSR count). The summed E-state index contributed by atoms with van der Waals surface area (Å²) in [4.78, 5) is 4.27. The minimum absolute atomic E-state index is 0. The van der Waals surface area contributed by atoms with Crippen LogP contribution in [0.1, 0.15) is 5.56 Å². The number of nitrogens with one attached hydrogen (secondary N) is 2. The fraction of sp³-hybridized carbons (Fsp3) is 0.278. The predicted octanol–water partition coefficient (Wildman–Crippen LogP) is 1.74. The van der Waals surface area contributed by atoms with Gasteiger partial charge in [0.05, 0.1) is 11.4 Å². The Hall–Kier alpha value is -1.85. The topological polar surface area (TPSA) is 106 Å². The van der Waals surface area contributed by atoms with Crippen LogP contribution in [0.15, 0.2) is 64.5 Å². The number of rotatable bonds is 8. The molecule has 0 radical (unpaired) electrons. The fourth-order valence-corrected chi connectivity index (χ4v) is 2.76. The number of ether oxygens (including phenoxy) is 1. The molecule has 0 bridgehead atoms. The molecule has 0 spiro atoms. The second-order valence-corrected chi connectivity index (χ2v) is 7.09. The zero-order valence-corrected chi connectivity index (χ0v) is 18.2. The van der Waals surface area contributed by atoms with Crippen molar-refractivity contribution in [2.45, 2.75) is 11.3 Å². The number of primary sulfonamides is 1. The van der Waals surface area contributed by atoms with Gasteiger partial charge >= 0.3 is 0 Å². The molecule has 0 aromatic heterocycles. The van der Waals surface area contributed by atoms with Crippen molar-refractivity contribution in [1.29, 1.82) is 0 Å². The second-order valence-electron chi connectivity index (χ2n) is 5.53. The van der Waals surface area contributed by atoms with E-state index in [1.54, 1.807) is 19.2 Å². The van der Waals surface area contributed by atoms with E-state index in [-0.39, 0.29) is 28.9 Å². The summed E-state index contributed by atoms with van der Waals surface area (Å²) < 4.78 is 28.1. The van der Waals surface area contributed by atoms with E-state index >= 15 is 0 Å². The van der Waals surface area contributed by atoms with Gasteiger partial charge < -0.3 is 15.4 Å². The van der Waals surface area contributed by atoms with Crippen LogP contribution in [0.5, 0.6) is 5.75 Å². The first-order valence-electron chi connectivity index (χ1n) is 8.23. The van der Waals surface area contributed by atoms with Gasteiger partial charge in [-0.3, -0.25) is 4.99 Å². The number of benzene rings is 2. The first kappa shape index (κ1) is 23.2. The van der Waals surface area contributed by atoms with E-state index in [1.165, 1.54) is 12.1 Å². The number of hydrogen-bond donors (Lipinski definition) is 3. The van der Waals surface area contributed by atoms with Gasteiger partial charge in [0.15, 0.2) is 5.96 Å². The van der Waals surface area contributed by atoms with E-state index in [0.717, 1.165) is 17.7 Å². The van der Waals surface area contributed by atoms with Crippen molar-refractivity contribution in [2.24, 2.45) is 10.1 Å². The average Bonchev–Trinajstić information content (AvgIpc) is 2.64. The Bertz CT molecular complexity index is 812. The molecule has 0 fully saturated rings. The molecule has 27 heavy (non-hydrogen) atoms. The number of nitrogens with two attached hydrogens (primary N) is 1. The van der Waals surface area contributed by atoms with Crippen molar-refractivity contribution < 1.29 is 13.2 Å². The first-order valence-corrected chi connectivity index (χ1v) is 9.78. The lowest BCUT2D eigenvalue weighted by atomic mass is 10.1. The summed E-state index contributed by atoms with van der Waals surface area (Å²) in [5.74, 6) is 1.52. The maximum Gasteiger partial charge on any atom is 0.238 e. The molecule has 9 heteroatoms. The highest BCUT2D eigenvalue weighted by Gasteiger charge is 2.06. The summed E-state index contributed by atoms with van der Waals surface area (Å²) in [6, 6.07) is 16.2. The highest BCUT2D eigenvalue weighted by Crippen LogP contribution is 2.09. The van der Waals surface area contributed by atoms with Crippen LogP contribution in [0.3, 0.4) is 0 Å². The maximum absolute atomic E-state index is 11.2. The number of para-hydroxylation sites is 1. The minimum atomic E-state index is -3.65. The normalized spacial score (nSPS) is 11.4. The Balaban J connectivity index is 0.00000364. The molecule has 0 aliphatic rings. The molecular weight excluding hydrogens is 479 g/mol. The van der Waals surface area contributed by atoms with Crippen LogP contribution in [-0.4, -0.2) is 41.1 Å². The molecular formula is C18H25IN4O3S. The molecule has 0 saturated carbocycles. The summed E-state index contributed by atoms with van der Waals surface area (Å²) >= 11 is 0. The number of sulfonamides is 1. The van der Waals surface area contributed by atoms with Gasteiger partial charge in [-0.1, -0.05) is 30.3 Å². The zero-order valence-electron chi connectivity index (χ0n) is 15.1. The predicted molar refractivity (Wildman–Crippen MR) is 118 cm³/mol. The van der Waals surface area contributed by atoms with Gasteiger partial charge in [0, 0.05) is 13.6 Å². The van der Waals surface area contributed by atoms with Gasteiger partial charge in [-0.05, 0) is 36.2 Å². The van der Waals surface area contributed by atoms with Crippen molar-refractivity contribution in [3.05, 3.63) is 60.2 Å². The van der Waals surface area contributed by atoms with Gasteiger partial charge in [0.25, 0.3) is 0 Å². The summed E-state index contributed by atoms with van der Waals surface area (Å²) in [6.45, 7) is 1.81. The quantitative estimate of drug-likeness (QED) is 0.220. The summed E-state index contributed by atoms with van der Waals surface area (Å²) in [5, 5.41) is 11.5. The zero-order chi connectivity index (χ0) is 18.8. The Morgan fingerprint density at radius 2 is 1.67 bits per heavy atom. The number of halogens is 1. The maximum atomic E-state index is 11.2. The average molecular weight is 504 g/mol. The van der Waals surface area contributed by atoms with Gasteiger partial charge in [-0.2, -0.15) is 0 Å². The van der Waals surface area contributed by atoms with E-state index in [9.17, 15) is 8.42 Å². The third-order valence-electron chi connectivity index (χ3n) is 3.59. The second kappa shape index (κ2) is 11.8. The molecule has 0 saturated heterocycles. The van der Waals surface area contributed by atoms with E-state index in [0.29, 0.717) is 25.7 Å². The van der Waals surface area contributed by atoms with Gasteiger partial charge in [-0.25, -0.2) is 13.6 Å². The van der Waals surface area contributed by atoms with Crippen LogP contribution in [0.4, 0.5) is 0 Å². The number of guanidine groups is 1. The monoisotopic (exact) mass is 504 g/mol. The van der Waals surface area contributed by atoms with Crippen LogP contribution < -0.4 is 20.5 Å². The van der Waals surface area contributed by atoms with Crippen molar-refractivity contribution >= 4 is 40.0 Å². The number of hydrogen-bond acceptors (Lipinski definition) is 4. The fourth-order valence-electron chi connectivity index (χ4n) is 2.25. The lowest BCUT2D eigenvalue weighted by Crippen LogP contribution is -2.40. The highest BCUT2D eigenvalue weighted by molar-refractivity contribution is 14.0. The van der Waals surface area contributed by atoms with Crippen molar-refractivity contribution in [3.63, 3.8) is 0 Å². The number of nitrogens with zero attached hydrogens (tertiary/aromatic N) is 1. The third-order valence-corrected chi connectivity index (χ3v) is 4.52. The molecule has 0 aliphatic heterocycles. The van der Waals surface area contributed by atoms with Crippen molar-refractivity contribution in [1.82, 2.24) is 10.6 Å². The molecule has 0 aliphatic carbocycles. The molecule has 0 amide bonds. The molecule has 2 aromatic carbocycles. The Morgan fingerprint density at radius 1 is 1.04 bits per heavy atom. The van der Waals surface area contributed by atoms with E-state index in [4.69, 9.17) is 9.88 Å². The first-order chi connectivity index (χ1) is 12.5. The molecule has 4 N–H and O–H groups in total. The summed E-state index contributed by atoms with van der Waals surface area (Å²) in [5.41, 5.74) is 1.01. The standard InChI is InChI=1S/C18H24N4O3S.HI/c1-20-18(22-13-14-25-16-5-3-2-4-6-16)21-12-11-15-7-9-17(10-8-15)26(19,23)24;/h2-10H,11-14H2,1H3,(H2,19,23,24)(H2,20,21,22);1H. The van der Waals surface area contributed by atoms with Crippen LogP contribution in [-0.2, 0) is 16.4 Å². The third kappa shape index (κ3) is 8.59. The summed E-state index contributed by atoms with van der Waals surface area (Å²) in [7, 11) is -1.94. The van der Waals surface area contributed by atoms with Crippen LogP contribution >= 0.6 is 24.0 Å². The van der Waals surface area contributed by atoms with Crippen molar-refractivity contribution in [2.75, 3.05) is 26.7 Å². The smallest absolute Gasteiger partial charge is 0.238 e. The lowest BCUT2D eigenvalue weighted by molar-refractivity contribution is 0.322. The van der Waals surface area contributed by atoms with Crippen LogP contribution in [0, 0.1) is 0 Å². The van der Waals surface area contributed by atoms with E-state index in [2.05, 4.69) is 15.6 Å².